The van der Waals surface area contributed by atoms with Gasteiger partial charge in [0.2, 0.25) is 0 Å². The first-order valence-electron chi connectivity index (χ1n) is 14.4. The van der Waals surface area contributed by atoms with Gasteiger partial charge in [0.25, 0.3) is 0 Å². The van der Waals surface area contributed by atoms with Crippen molar-refractivity contribution in [1.29, 1.82) is 0 Å². The van der Waals surface area contributed by atoms with Gasteiger partial charge in [-0.3, -0.25) is 0 Å². The maximum absolute atomic E-state index is 11.0. The SMILES string of the molecule is CCCCCCCCCCCCCCCCCCCCCC[C@@](O)(CC(=O)[O-])C[N+](C)(C)C. The minimum atomic E-state index is -1.15. The van der Waals surface area contributed by atoms with Crippen LogP contribution in [0.25, 0.3) is 0 Å². The molecule has 4 nitrogen and oxygen atoms in total. The molecular weight excluding hydrogens is 410 g/mol. The first-order valence-corrected chi connectivity index (χ1v) is 14.4. The van der Waals surface area contributed by atoms with Gasteiger partial charge in [-0.1, -0.05) is 135 Å². The van der Waals surface area contributed by atoms with Gasteiger partial charge in [0.15, 0.2) is 0 Å². The molecular formula is C29H59NO3. The molecule has 0 unspecified atom stereocenters. The highest BCUT2D eigenvalue weighted by Gasteiger charge is 2.33. The van der Waals surface area contributed by atoms with E-state index in [-0.39, 0.29) is 6.42 Å². The van der Waals surface area contributed by atoms with Gasteiger partial charge in [-0.15, -0.1) is 0 Å². The number of aliphatic hydroxyl groups is 1. The number of aliphatic carboxylic acids is 1. The predicted molar refractivity (Wildman–Crippen MR) is 140 cm³/mol. The second-order valence-corrected chi connectivity index (χ2v) is 11.7. The van der Waals surface area contributed by atoms with Gasteiger partial charge in [0.1, 0.15) is 12.1 Å². The number of nitrogens with zero attached hydrogens (tertiary/aromatic N) is 1. The molecule has 0 aliphatic heterocycles. The molecule has 0 aromatic heterocycles. The van der Waals surface area contributed by atoms with Crippen LogP contribution in [0, 0.1) is 0 Å². The Balaban J connectivity index is 3.44. The van der Waals surface area contributed by atoms with E-state index in [0.717, 1.165) is 12.8 Å². The Hall–Kier alpha value is -0.610. The zero-order valence-electron chi connectivity index (χ0n) is 23.0. The number of hydrogen-bond donors (Lipinski definition) is 1. The smallest absolute Gasteiger partial charge is 0.119 e. The molecule has 4 heteroatoms. The third kappa shape index (κ3) is 24.3. The summed E-state index contributed by atoms with van der Waals surface area (Å²) in [7, 11) is 5.95. The van der Waals surface area contributed by atoms with Gasteiger partial charge in [0, 0.05) is 12.4 Å². The Bertz CT molecular complexity index is 447. The van der Waals surface area contributed by atoms with Crippen LogP contribution in [0.3, 0.4) is 0 Å². The number of unbranched alkanes of at least 4 members (excludes halogenated alkanes) is 19. The first-order chi connectivity index (χ1) is 15.7. The molecule has 33 heavy (non-hydrogen) atoms. The Labute approximate surface area is 207 Å². The highest BCUT2D eigenvalue weighted by molar-refractivity contribution is 5.65. The fraction of sp³-hybridized carbons (Fsp3) is 0.966. The molecule has 0 saturated carbocycles. The number of hydrogen-bond acceptors (Lipinski definition) is 3. The highest BCUT2D eigenvalue weighted by atomic mass is 16.4. The molecule has 0 aliphatic rings. The summed E-state index contributed by atoms with van der Waals surface area (Å²) in [6, 6.07) is 0. The van der Waals surface area contributed by atoms with Crippen molar-refractivity contribution in [2.45, 2.75) is 154 Å². The largest absolute Gasteiger partial charge is 0.550 e. The number of quaternary nitrogens is 1. The standard InChI is InChI=1S/C29H59NO3/c1-5-6-7-8-9-10-11-12-13-14-15-16-17-18-19-20-21-22-23-24-25-29(33,26-28(31)32)27-30(2,3)4/h33H,5-27H2,1-4H3/t29-/m1/s1. The van der Waals surface area contributed by atoms with Crippen molar-refractivity contribution >= 4 is 5.97 Å². The predicted octanol–water partition coefficient (Wildman–Crippen LogP) is 6.78. The molecule has 1 N–H and O–H groups in total. The lowest BCUT2D eigenvalue weighted by Gasteiger charge is -2.36. The van der Waals surface area contributed by atoms with Crippen LogP contribution in [0.2, 0.25) is 0 Å². The van der Waals surface area contributed by atoms with E-state index in [4.69, 9.17) is 0 Å². The third-order valence-electron chi connectivity index (χ3n) is 6.74. The van der Waals surface area contributed by atoms with E-state index in [1.54, 1.807) is 0 Å². The molecule has 0 amide bonds. The lowest BCUT2D eigenvalue weighted by atomic mass is 9.91. The Morgan fingerprint density at radius 1 is 0.636 bits per heavy atom. The fourth-order valence-electron chi connectivity index (χ4n) is 5.08. The molecule has 0 aromatic rings. The summed E-state index contributed by atoms with van der Waals surface area (Å²) in [5.74, 6) is -1.15. The molecule has 0 spiro atoms. The van der Waals surface area contributed by atoms with Crippen LogP contribution in [-0.4, -0.2) is 48.8 Å². The topological polar surface area (TPSA) is 60.4 Å². The summed E-state index contributed by atoms with van der Waals surface area (Å²) in [5.41, 5.74) is -1.15. The van der Waals surface area contributed by atoms with E-state index in [2.05, 4.69) is 6.92 Å². The van der Waals surface area contributed by atoms with Crippen LogP contribution in [0.15, 0.2) is 0 Å². The van der Waals surface area contributed by atoms with Crippen molar-refractivity contribution in [1.82, 2.24) is 0 Å². The fourth-order valence-corrected chi connectivity index (χ4v) is 5.08. The van der Waals surface area contributed by atoms with E-state index in [0.29, 0.717) is 17.4 Å². The molecule has 1 atom stereocenters. The number of carbonyl (C=O) groups excluding carboxylic acids is 1. The molecule has 0 heterocycles. The van der Waals surface area contributed by atoms with Crippen molar-refractivity contribution in [3.05, 3.63) is 0 Å². The van der Waals surface area contributed by atoms with E-state index in [9.17, 15) is 15.0 Å². The van der Waals surface area contributed by atoms with Crippen LogP contribution >= 0.6 is 0 Å². The zero-order valence-corrected chi connectivity index (χ0v) is 23.0. The van der Waals surface area contributed by atoms with E-state index >= 15 is 0 Å². The quantitative estimate of drug-likeness (QED) is 0.118. The zero-order chi connectivity index (χ0) is 24.8. The molecule has 0 aromatic carbocycles. The van der Waals surface area contributed by atoms with Crippen LogP contribution in [0.5, 0.6) is 0 Å². The minimum absolute atomic E-state index is 0.262. The third-order valence-corrected chi connectivity index (χ3v) is 6.74. The Morgan fingerprint density at radius 3 is 1.21 bits per heavy atom. The van der Waals surface area contributed by atoms with Crippen LogP contribution in [-0.2, 0) is 4.79 Å². The van der Waals surface area contributed by atoms with Crippen LogP contribution in [0.4, 0.5) is 0 Å². The van der Waals surface area contributed by atoms with Crippen molar-refractivity contribution in [3.8, 4) is 0 Å². The van der Waals surface area contributed by atoms with Gasteiger partial charge in [-0.05, 0) is 6.42 Å². The number of rotatable bonds is 25. The maximum Gasteiger partial charge on any atom is 0.119 e. The lowest BCUT2D eigenvalue weighted by Crippen LogP contribution is -2.51. The van der Waals surface area contributed by atoms with E-state index in [1.807, 2.05) is 21.1 Å². The first kappa shape index (κ1) is 32.4. The van der Waals surface area contributed by atoms with Crippen molar-refractivity contribution < 1.29 is 19.5 Å². The summed E-state index contributed by atoms with van der Waals surface area (Å²) in [6.07, 6.45) is 27.2. The molecule has 0 rings (SSSR count). The van der Waals surface area contributed by atoms with E-state index < -0.39 is 11.6 Å². The van der Waals surface area contributed by atoms with Crippen molar-refractivity contribution in [2.75, 3.05) is 27.7 Å². The maximum atomic E-state index is 11.0. The Kier molecular flexibility index (Phi) is 20.4. The summed E-state index contributed by atoms with van der Waals surface area (Å²) >= 11 is 0. The number of carboxylic acid groups (broad SMARTS) is 1. The average Bonchev–Trinajstić information content (AvgIpc) is 2.70. The number of likely N-dealkylation sites (N-methyl/N-ethyl adjacent to an activating group) is 1. The van der Waals surface area contributed by atoms with Gasteiger partial charge >= 0.3 is 0 Å². The van der Waals surface area contributed by atoms with Crippen LogP contribution in [0.1, 0.15) is 148 Å². The summed E-state index contributed by atoms with van der Waals surface area (Å²) in [5, 5.41) is 21.8. The second-order valence-electron chi connectivity index (χ2n) is 11.7. The summed E-state index contributed by atoms with van der Waals surface area (Å²) < 4.78 is 0.559. The normalized spacial score (nSPS) is 13.8. The van der Waals surface area contributed by atoms with Crippen molar-refractivity contribution in [2.24, 2.45) is 0 Å². The van der Waals surface area contributed by atoms with Gasteiger partial charge < -0.3 is 19.5 Å². The monoisotopic (exact) mass is 469 g/mol. The molecule has 198 valence electrons. The van der Waals surface area contributed by atoms with Gasteiger partial charge in [0.05, 0.1) is 21.1 Å². The lowest BCUT2D eigenvalue weighted by molar-refractivity contribution is -0.877. The molecule has 0 saturated heterocycles. The molecule has 0 fully saturated rings. The molecule has 0 aliphatic carbocycles. The molecule has 0 radical (unpaired) electrons. The summed E-state index contributed by atoms with van der Waals surface area (Å²) in [4.78, 5) is 11.0. The second kappa shape index (κ2) is 20.7. The average molecular weight is 470 g/mol. The van der Waals surface area contributed by atoms with E-state index in [1.165, 1.54) is 116 Å². The van der Waals surface area contributed by atoms with Gasteiger partial charge in [-0.2, -0.15) is 0 Å². The minimum Gasteiger partial charge on any atom is -0.550 e. The number of carbonyl (C=O) groups is 1. The Morgan fingerprint density at radius 2 is 0.939 bits per heavy atom. The molecule has 0 bridgehead atoms. The number of carboxylic acids is 1. The summed E-state index contributed by atoms with van der Waals surface area (Å²) in [6.45, 7) is 2.73. The van der Waals surface area contributed by atoms with Crippen molar-refractivity contribution in [3.63, 3.8) is 0 Å². The van der Waals surface area contributed by atoms with Crippen LogP contribution < -0.4 is 5.11 Å². The highest BCUT2D eigenvalue weighted by Crippen LogP contribution is 2.23. The van der Waals surface area contributed by atoms with Gasteiger partial charge in [-0.25, -0.2) is 0 Å².